The minimum atomic E-state index is -0.143. The highest BCUT2D eigenvalue weighted by molar-refractivity contribution is 6.29. The topological polar surface area (TPSA) is 42.0 Å². The molecule has 1 N–H and O–H groups in total. The van der Waals surface area contributed by atoms with Gasteiger partial charge in [-0.25, -0.2) is 4.98 Å². The van der Waals surface area contributed by atoms with Crippen molar-refractivity contribution in [3.8, 4) is 0 Å². The van der Waals surface area contributed by atoms with Gasteiger partial charge in [0.15, 0.2) is 0 Å². The van der Waals surface area contributed by atoms with Crippen molar-refractivity contribution in [2.45, 2.75) is 26.2 Å². The molecule has 1 amide bonds. The van der Waals surface area contributed by atoms with Crippen LogP contribution in [0.5, 0.6) is 0 Å². The molecule has 1 saturated carbocycles. The van der Waals surface area contributed by atoms with Crippen LogP contribution in [0.25, 0.3) is 0 Å². The van der Waals surface area contributed by atoms with Crippen molar-refractivity contribution in [3.05, 3.63) is 29.0 Å². The lowest BCUT2D eigenvalue weighted by Gasteiger charge is -2.38. The van der Waals surface area contributed by atoms with Crippen molar-refractivity contribution in [2.75, 3.05) is 6.54 Å². The normalized spacial score (nSPS) is 17.6. The van der Waals surface area contributed by atoms with E-state index in [1.54, 1.807) is 18.2 Å². The number of aromatic nitrogens is 1. The van der Waals surface area contributed by atoms with Crippen molar-refractivity contribution in [1.29, 1.82) is 0 Å². The molecule has 1 aliphatic rings. The molecule has 0 aliphatic heterocycles. The van der Waals surface area contributed by atoms with Crippen LogP contribution < -0.4 is 5.32 Å². The second-order valence-corrected chi connectivity index (χ2v) is 5.08. The molecule has 1 heterocycles. The van der Waals surface area contributed by atoms with Gasteiger partial charge in [0.1, 0.15) is 10.8 Å². The van der Waals surface area contributed by atoms with Crippen LogP contribution in [0.15, 0.2) is 18.2 Å². The van der Waals surface area contributed by atoms with Crippen LogP contribution in [0.3, 0.4) is 0 Å². The molecule has 3 nitrogen and oxygen atoms in total. The number of nitrogens with one attached hydrogen (secondary N) is 1. The maximum absolute atomic E-state index is 11.8. The van der Waals surface area contributed by atoms with Crippen LogP contribution >= 0.6 is 11.6 Å². The summed E-state index contributed by atoms with van der Waals surface area (Å²) in [6.07, 6.45) is 3.65. The number of halogens is 1. The van der Waals surface area contributed by atoms with Gasteiger partial charge in [0.2, 0.25) is 0 Å². The molecule has 1 aliphatic carbocycles. The van der Waals surface area contributed by atoms with Crippen molar-refractivity contribution in [1.82, 2.24) is 10.3 Å². The van der Waals surface area contributed by atoms with Gasteiger partial charge in [0, 0.05) is 6.54 Å². The van der Waals surface area contributed by atoms with Gasteiger partial charge in [0.25, 0.3) is 5.91 Å². The molecule has 86 valence electrons. The number of pyridine rings is 1. The van der Waals surface area contributed by atoms with E-state index in [4.69, 9.17) is 11.6 Å². The first-order valence-electron chi connectivity index (χ1n) is 5.50. The molecule has 0 aromatic carbocycles. The number of carbonyl (C=O) groups excluding carboxylic acids is 1. The molecule has 1 aromatic rings. The fourth-order valence-electron chi connectivity index (χ4n) is 1.88. The maximum Gasteiger partial charge on any atom is 0.269 e. The van der Waals surface area contributed by atoms with E-state index in [-0.39, 0.29) is 11.3 Å². The molecular weight excluding hydrogens is 224 g/mol. The zero-order chi connectivity index (χ0) is 11.6. The molecule has 0 saturated heterocycles. The summed E-state index contributed by atoms with van der Waals surface area (Å²) in [4.78, 5) is 15.7. The minimum absolute atomic E-state index is 0.143. The largest absolute Gasteiger partial charge is 0.350 e. The van der Waals surface area contributed by atoms with E-state index < -0.39 is 0 Å². The molecule has 2 rings (SSSR count). The Bertz CT molecular complexity index is 402. The van der Waals surface area contributed by atoms with Gasteiger partial charge in [-0.2, -0.15) is 0 Å². The monoisotopic (exact) mass is 238 g/mol. The highest BCUT2D eigenvalue weighted by Gasteiger charge is 2.31. The summed E-state index contributed by atoms with van der Waals surface area (Å²) in [7, 11) is 0. The average Bonchev–Trinajstić information content (AvgIpc) is 2.23. The molecule has 16 heavy (non-hydrogen) atoms. The highest BCUT2D eigenvalue weighted by atomic mass is 35.5. The van der Waals surface area contributed by atoms with E-state index in [0.29, 0.717) is 10.8 Å². The van der Waals surface area contributed by atoms with E-state index in [2.05, 4.69) is 17.2 Å². The van der Waals surface area contributed by atoms with Gasteiger partial charge >= 0.3 is 0 Å². The Morgan fingerprint density at radius 1 is 1.56 bits per heavy atom. The molecule has 4 heteroatoms. The van der Waals surface area contributed by atoms with Gasteiger partial charge in [-0.05, 0) is 30.4 Å². The van der Waals surface area contributed by atoms with E-state index in [9.17, 15) is 4.79 Å². The Hall–Kier alpha value is -1.09. The van der Waals surface area contributed by atoms with Gasteiger partial charge in [-0.1, -0.05) is 31.0 Å². The molecule has 1 fully saturated rings. The second kappa shape index (κ2) is 4.42. The number of hydrogen-bond donors (Lipinski definition) is 1. The zero-order valence-corrected chi connectivity index (χ0v) is 10.0. The minimum Gasteiger partial charge on any atom is -0.350 e. The third-order valence-electron chi connectivity index (χ3n) is 3.18. The van der Waals surface area contributed by atoms with Gasteiger partial charge in [-0.3, -0.25) is 4.79 Å². The lowest BCUT2D eigenvalue weighted by atomic mass is 9.70. The van der Waals surface area contributed by atoms with Crippen molar-refractivity contribution >= 4 is 17.5 Å². The lowest BCUT2D eigenvalue weighted by Crippen LogP contribution is -2.40. The van der Waals surface area contributed by atoms with Crippen molar-refractivity contribution in [3.63, 3.8) is 0 Å². The fourth-order valence-corrected chi connectivity index (χ4v) is 2.04. The van der Waals surface area contributed by atoms with Crippen LogP contribution in [0.4, 0.5) is 0 Å². The first kappa shape index (κ1) is 11.4. The first-order valence-corrected chi connectivity index (χ1v) is 5.88. The van der Waals surface area contributed by atoms with E-state index in [0.717, 1.165) is 6.54 Å². The van der Waals surface area contributed by atoms with Crippen LogP contribution in [-0.4, -0.2) is 17.4 Å². The standard InChI is InChI=1S/C12H15ClN2O/c1-12(6-3-7-12)8-14-11(16)9-4-2-5-10(13)15-9/h2,4-5H,3,6-8H2,1H3,(H,14,16). The number of rotatable bonds is 3. The predicted molar refractivity (Wildman–Crippen MR) is 63.5 cm³/mol. The van der Waals surface area contributed by atoms with Crippen LogP contribution in [0.2, 0.25) is 5.15 Å². The van der Waals surface area contributed by atoms with Crippen LogP contribution in [-0.2, 0) is 0 Å². The summed E-state index contributed by atoms with van der Waals surface area (Å²) in [5, 5.41) is 3.26. The molecule has 1 aromatic heterocycles. The summed E-state index contributed by atoms with van der Waals surface area (Å²) in [6.45, 7) is 2.92. The molecular formula is C12H15ClN2O. The molecule has 0 atom stereocenters. The van der Waals surface area contributed by atoms with Gasteiger partial charge in [-0.15, -0.1) is 0 Å². The number of amides is 1. The maximum atomic E-state index is 11.8. The number of nitrogens with zero attached hydrogens (tertiary/aromatic N) is 1. The molecule has 0 radical (unpaired) electrons. The summed E-state index contributed by atoms with van der Waals surface area (Å²) in [6, 6.07) is 5.06. The lowest BCUT2D eigenvalue weighted by molar-refractivity contribution is 0.0886. The molecule has 0 bridgehead atoms. The highest BCUT2D eigenvalue weighted by Crippen LogP contribution is 2.39. The Kier molecular flexibility index (Phi) is 3.15. The van der Waals surface area contributed by atoms with Crippen molar-refractivity contribution in [2.24, 2.45) is 5.41 Å². The second-order valence-electron chi connectivity index (χ2n) is 4.69. The van der Waals surface area contributed by atoms with Crippen molar-refractivity contribution < 1.29 is 4.79 Å². The summed E-state index contributed by atoms with van der Waals surface area (Å²) < 4.78 is 0. The van der Waals surface area contributed by atoms with E-state index in [1.807, 2.05) is 0 Å². The zero-order valence-electron chi connectivity index (χ0n) is 9.29. The number of carbonyl (C=O) groups is 1. The Balaban J connectivity index is 1.93. The Morgan fingerprint density at radius 2 is 2.31 bits per heavy atom. The van der Waals surface area contributed by atoms with E-state index in [1.165, 1.54) is 19.3 Å². The smallest absolute Gasteiger partial charge is 0.269 e. The van der Waals surface area contributed by atoms with Gasteiger partial charge in [0.05, 0.1) is 0 Å². The summed E-state index contributed by atoms with van der Waals surface area (Å²) in [5.74, 6) is -0.143. The summed E-state index contributed by atoms with van der Waals surface area (Å²) in [5.41, 5.74) is 0.671. The first-order chi connectivity index (χ1) is 7.59. The molecule has 0 unspecified atom stereocenters. The Labute approximate surface area is 100 Å². The van der Waals surface area contributed by atoms with Gasteiger partial charge < -0.3 is 5.32 Å². The van der Waals surface area contributed by atoms with E-state index >= 15 is 0 Å². The molecule has 0 spiro atoms. The third kappa shape index (κ3) is 2.53. The fraction of sp³-hybridized carbons (Fsp3) is 0.500. The number of hydrogen-bond acceptors (Lipinski definition) is 2. The Morgan fingerprint density at radius 3 is 2.88 bits per heavy atom. The average molecular weight is 239 g/mol. The predicted octanol–water partition coefficient (Wildman–Crippen LogP) is 2.66. The quantitative estimate of drug-likeness (QED) is 0.823. The SMILES string of the molecule is CC1(CNC(=O)c2cccc(Cl)n2)CCC1. The van der Waals surface area contributed by atoms with Crippen LogP contribution in [0, 0.1) is 5.41 Å². The third-order valence-corrected chi connectivity index (χ3v) is 3.39. The van der Waals surface area contributed by atoms with Crippen LogP contribution in [0.1, 0.15) is 36.7 Å². The summed E-state index contributed by atoms with van der Waals surface area (Å²) >= 11 is 5.73.